The summed E-state index contributed by atoms with van der Waals surface area (Å²) in [5.41, 5.74) is 5.02. The molecule has 0 spiro atoms. The van der Waals surface area contributed by atoms with Crippen LogP contribution >= 0.6 is 0 Å². The van der Waals surface area contributed by atoms with Gasteiger partial charge in [0.25, 0.3) is 5.56 Å². The maximum absolute atomic E-state index is 11.3. The second-order valence-corrected chi connectivity index (χ2v) is 3.67. The molecule has 2 aromatic rings. The third kappa shape index (κ3) is 3.35. The van der Waals surface area contributed by atoms with Gasteiger partial charge in [0.15, 0.2) is 0 Å². The van der Waals surface area contributed by atoms with Gasteiger partial charge in [0, 0.05) is 0 Å². The lowest BCUT2D eigenvalue weighted by Gasteiger charge is -2.08. The summed E-state index contributed by atoms with van der Waals surface area (Å²) >= 11 is 0. The van der Waals surface area contributed by atoms with Gasteiger partial charge in [0.1, 0.15) is 12.4 Å². The third-order valence-electron chi connectivity index (χ3n) is 2.28. The zero-order valence-corrected chi connectivity index (χ0v) is 9.97. The molecule has 0 saturated heterocycles. The smallest absolute Gasteiger partial charge is 0.342 e. The Morgan fingerprint density at radius 3 is 2.84 bits per heavy atom. The molecule has 8 heteroatoms. The van der Waals surface area contributed by atoms with Gasteiger partial charge in [-0.25, -0.2) is 9.89 Å². The minimum Gasteiger partial charge on any atom is -0.490 e. The van der Waals surface area contributed by atoms with Gasteiger partial charge in [-0.1, -0.05) is 12.1 Å². The van der Waals surface area contributed by atoms with Gasteiger partial charge < -0.3 is 15.8 Å². The van der Waals surface area contributed by atoms with E-state index in [0.717, 1.165) is 0 Å². The molecule has 0 radical (unpaired) electrons. The average molecular weight is 263 g/mol. The van der Waals surface area contributed by atoms with E-state index in [9.17, 15) is 9.59 Å². The van der Waals surface area contributed by atoms with E-state index in [1.165, 1.54) is 0 Å². The molecular formula is C11H13N5O3. The van der Waals surface area contributed by atoms with Gasteiger partial charge in [-0.15, -0.1) is 5.10 Å². The number of anilines is 2. The number of para-hydroxylation sites is 2. The molecule has 0 aliphatic rings. The lowest BCUT2D eigenvalue weighted by molar-refractivity contribution is 0.334. The number of nitrogen functional groups attached to an aromatic ring is 1. The normalized spacial score (nSPS) is 10.1. The van der Waals surface area contributed by atoms with Crippen molar-refractivity contribution in [1.29, 1.82) is 0 Å². The molecule has 8 nitrogen and oxygen atoms in total. The molecule has 0 aliphatic carbocycles. The van der Waals surface area contributed by atoms with Gasteiger partial charge in [-0.2, -0.15) is 0 Å². The van der Waals surface area contributed by atoms with Crippen molar-refractivity contribution < 1.29 is 4.74 Å². The number of rotatable bonds is 5. The van der Waals surface area contributed by atoms with Crippen LogP contribution < -0.4 is 27.0 Å². The monoisotopic (exact) mass is 263 g/mol. The highest BCUT2D eigenvalue weighted by Gasteiger charge is 2.02. The summed E-state index contributed by atoms with van der Waals surface area (Å²) in [5, 5.41) is 8.43. The van der Waals surface area contributed by atoms with Crippen molar-refractivity contribution in [2.45, 2.75) is 0 Å². The number of benzene rings is 1. The molecule has 0 saturated carbocycles. The van der Waals surface area contributed by atoms with Crippen LogP contribution in [0, 0.1) is 0 Å². The first-order chi connectivity index (χ1) is 9.16. The number of aromatic amines is 2. The Kier molecular flexibility index (Phi) is 3.81. The lowest BCUT2D eigenvalue weighted by Crippen LogP contribution is -2.28. The van der Waals surface area contributed by atoms with Gasteiger partial charge >= 0.3 is 5.69 Å². The molecule has 2 rings (SSSR count). The van der Waals surface area contributed by atoms with Gasteiger partial charge in [-0.05, 0) is 12.1 Å². The van der Waals surface area contributed by atoms with E-state index in [1.807, 2.05) is 12.1 Å². The topological polar surface area (TPSA) is 126 Å². The summed E-state index contributed by atoms with van der Waals surface area (Å²) in [5.74, 6) is 0.608. The molecule has 1 aromatic carbocycles. The van der Waals surface area contributed by atoms with Crippen molar-refractivity contribution in [2.24, 2.45) is 0 Å². The van der Waals surface area contributed by atoms with Crippen LogP contribution in [0.3, 0.4) is 0 Å². The minimum absolute atomic E-state index is 0.0317. The van der Waals surface area contributed by atoms with Crippen LogP contribution in [0.1, 0.15) is 0 Å². The number of ether oxygens (including phenoxy) is 1. The van der Waals surface area contributed by atoms with E-state index in [1.54, 1.807) is 12.1 Å². The van der Waals surface area contributed by atoms with Crippen molar-refractivity contribution in [1.82, 2.24) is 15.2 Å². The molecule has 0 amide bonds. The van der Waals surface area contributed by atoms with Crippen molar-refractivity contribution in [3.8, 4) is 5.75 Å². The minimum atomic E-state index is -0.649. The molecule has 1 heterocycles. The number of aromatic nitrogens is 3. The molecule has 0 bridgehead atoms. The third-order valence-corrected chi connectivity index (χ3v) is 2.28. The van der Waals surface area contributed by atoms with Gasteiger partial charge in [0.2, 0.25) is 5.82 Å². The van der Waals surface area contributed by atoms with Gasteiger partial charge in [0.05, 0.1) is 12.2 Å². The summed E-state index contributed by atoms with van der Waals surface area (Å²) in [4.78, 5) is 24.1. The van der Waals surface area contributed by atoms with Crippen molar-refractivity contribution in [3.05, 3.63) is 45.1 Å². The van der Waals surface area contributed by atoms with Crippen LogP contribution in [0.15, 0.2) is 33.9 Å². The number of nitrogens with two attached hydrogens (primary N) is 1. The Hall–Kier alpha value is -2.77. The lowest BCUT2D eigenvalue weighted by atomic mass is 10.3. The van der Waals surface area contributed by atoms with E-state index < -0.39 is 11.2 Å². The number of hydrogen-bond acceptors (Lipinski definition) is 6. The van der Waals surface area contributed by atoms with Crippen molar-refractivity contribution >= 4 is 11.5 Å². The first-order valence-corrected chi connectivity index (χ1v) is 5.57. The molecule has 0 atom stereocenters. The molecule has 19 heavy (non-hydrogen) atoms. The van der Waals surface area contributed by atoms with Crippen LogP contribution in [-0.4, -0.2) is 28.3 Å². The zero-order chi connectivity index (χ0) is 13.7. The van der Waals surface area contributed by atoms with Gasteiger partial charge in [-0.3, -0.25) is 9.78 Å². The average Bonchev–Trinajstić information content (AvgIpc) is 2.38. The SMILES string of the molecule is Nc1ccccc1OCCNc1n[nH]c(=O)[nH]c1=O. The molecule has 0 aliphatic heterocycles. The predicted molar refractivity (Wildman–Crippen MR) is 70.3 cm³/mol. The second-order valence-electron chi connectivity index (χ2n) is 3.67. The fourth-order valence-electron chi connectivity index (χ4n) is 1.41. The number of nitrogens with zero attached hydrogens (tertiary/aromatic N) is 1. The summed E-state index contributed by atoms with van der Waals surface area (Å²) in [6.07, 6.45) is 0. The number of hydrogen-bond donors (Lipinski definition) is 4. The number of H-pyrrole nitrogens is 2. The van der Waals surface area contributed by atoms with Crippen molar-refractivity contribution in [3.63, 3.8) is 0 Å². The second kappa shape index (κ2) is 5.71. The highest BCUT2D eigenvalue weighted by Crippen LogP contribution is 2.19. The molecule has 1 aromatic heterocycles. The summed E-state index contributed by atoms with van der Waals surface area (Å²) in [7, 11) is 0. The van der Waals surface area contributed by atoms with E-state index in [4.69, 9.17) is 10.5 Å². The predicted octanol–water partition coefficient (Wildman–Crippen LogP) is -0.469. The van der Waals surface area contributed by atoms with E-state index >= 15 is 0 Å². The standard InChI is InChI=1S/C11H13N5O3/c12-7-3-1-2-4-8(7)19-6-5-13-9-10(17)14-11(18)16-15-9/h1-4H,5-6,12H2,(H,13,15)(H2,14,16,17,18). The fraction of sp³-hybridized carbons (Fsp3) is 0.182. The Labute approximate surface area is 107 Å². The first-order valence-electron chi connectivity index (χ1n) is 5.57. The van der Waals surface area contributed by atoms with Crippen LogP contribution in [0.25, 0.3) is 0 Å². The Balaban J connectivity index is 1.86. The first kappa shape index (κ1) is 12.7. The van der Waals surface area contributed by atoms with E-state index in [-0.39, 0.29) is 5.82 Å². The Morgan fingerprint density at radius 1 is 1.32 bits per heavy atom. The maximum atomic E-state index is 11.3. The van der Waals surface area contributed by atoms with Crippen LogP contribution in [0.2, 0.25) is 0 Å². The summed E-state index contributed by atoms with van der Waals surface area (Å²) in [6, 6.07) is 7.11. The largest absolute Gasteiger partial charge is 0.490 e. The Bertz CT molecular complexity index is 664. The quantitative estimate of drug-likeness (QED) is 0.427. The summed E-state index contributed by atoms with van der Waals surface area (Å²) < 4.78 is 5.42. The molecule has 100 valence electrons. The van der Waals surface area contributed by atoms with Crippen LogP contribution in [-0.2, 0) is 0 Å². The van der Waals surface area contributed by atoms with Crippen LogP contribution in [0.5, 0.6) is 5.75 Å². The summed E-state index contributed by atoms with van der Waals surface area (Å²) in [6.45, 7) is 0.644. The molecule has 5 N–H and O–H groups in total. The molecular weight excluding hydrogens is 250 g/mol. The van der Waals surface area contributed by atoms with E-state index in [0.29, 0.717) is 24.6 Å². The van der Waals surface area contributed by atoms with Crippen molar-refractivity contribution in [2.75, 3.05) is 24.2 Å². The zero-order valence-electron chi connectivity index (χ0n) is 9.97. The van der Waals surface area contributed by atoms with E-state index in [2.05, 4.69) is 20.5 Å². The highest BCUT2D eigenvalue weighted by molar-refractivity contribution is 5.51. The number of nitrogens with one attached hydrogen (secondary N) is 3. The fourth-order valence-corrected chi connectivity index (χ4v) is 1.41. The highest BCUT2D eigenvalue weighted by atomic mass is 16.5. The van der Waals surface area contributed by atoms with Crippen LogP contribution in [0.4, 0.5) is 11.5 Å². The Morgan fingerprint density at radius 2 is 2.11 bits per heavy atom. The molecule has 0 fully saturated rings. The maximum Gasteiger partial charge on any atom is 0.342 e. The molecule has 0 unspecified atom stereocenters.